The van der Waals surface area contributed by atoms with Crippen LogP contribution in [0.5, 0.6) is 5.75 Å². The highest BCUT2D eigenvalue weighted by atomic mass is 32.2. The Balaban J connectivity index is 1.20. The van der Waals surface area contributed by atoms with E-state index < -0.39 is 0 Å². The molecule has 0 saturated carbocycles. The summed E-state index contributed by atoms with van der Waals surface area (Å²) in [5.74, 6) is 2.01. The Bertz CT molecular complexity index is 1070. The Morgan fingerprint density at radius 1 is 1.03 bits per heavy atom. The van der Waals surface area contributed by atoms with Gasteiger partial charge in [0.25, 0.3) is 5.91 Å². The van der Waals surface area contributed by atoms with E-state index >= 15 is 0 Å². The van der Waals surface area contributed by atoms with Crippen LogP contribution in [0.15, 0.2) is 48.5 Å². The molecule has 7 nitrogen and oxygen atoms in total. The van der Waals surface area contributed by atoms with E-state index in [0.29, 0.717) is 50.4 Å². The van der Waals surface area contributed by atoms with Gasteiger partial charge in [0.05, 0.1) is 6.61 Å². The summed E-state index contributed by atoms with van der Waals surface area (Å²) in [7, 11) is 0. The Labute approximate surface area is 223 Å². The smallest absolute Gasteiger partial charge is 0.253 e. The molecule has 2 aromatic carbocycles. The van der Waals surface area contributed by atoms with Crippen LogP contribution < -0.4 is 15.0 Å². The van der Waals surface area contributed by atoms with Crippen molar-refractivity contribution in [3.05, 3.63) is 59.7 Å². The van der Waals surface area contributed by atoms with E-state index in [1.54, 1.807) is 11.8 Å². The monoisotopic (exact) mass is 523 g/mol. The zero-order valence-corrected chi connectivity index (χ0v) is 22.4. The highest BCUT2D eigenvalue weighted by molar-refractivity contribution is 7.98. The maximum atomic E-state index is 13.1. The minimum absolute atomic E-state index is 0.0135. The van der Waals surface area contributed by atoms with Gasteiger partial charge in [-0.15, -0.1) is 0 Å². The largest absolute Gasteiger partial charge is 0.494 e. The Kier molecular flexibility index (Phi) is 9.88. The predicted octanol–water partition coefficient (Wildman–Crippen LogP) is 4.30. The van der Waals surface area contributed by atoms with Gasteiger partial charge in [0.15, 0.2) is 0 Å². The quantitative estimate of drug-likeness (QED) is 0.445. The van der Waals surface area contributed by atoms with E-state index in [-0.39, 0.29) is 23.8 Å². The van der Waals surface area contributed by atoms with Gasteiger partial charge < -0.3 is 19.9 Å². The molecule has 0 atom stereocenters. The molecule has 0 aliphatic carbocycles. The third-order valence-corrected chi connectivity index (χ3v) is 7.71. The highest BCUT2D eigenvalue weighted by Crippen LogP contribution is 2.32. The average molecular weight is 524 g/mol. The Morgan fingerprint density at radius 2 is 1.78 bits per heavy atom. The number of likely N-dealkylation sites (tertiary alicyclic amines) is 1. The molecule has 3 amide bonds. The lowest BCUT2D eigenvalue weighted by molar-refractivity contribution is -0.121. The molecule has 0 aromatic heterocycles. The number of piperidine rings is 1. The minimum atomic E-state index is 0.0135. The predicted molar refractivity (Wildman–Crippen MR) is 148 cm³/mol. The van der Waals surface area contributed by atoms with Crippen LogP contribution in [0.4, 0.5) is 5.69 Å². The molecule has 0 spiro atoms. The molecule has 2 aliphatic rings. The minimum Gasteiger partial charge on any atom is -0.494 e. The van der Waals surface area contributed by atoms with Crippen LogP contribution in [-0.4, -0.2) is 66.9 Å². The standard InChI is InChI=1S/C29H37N3O4S/c1-37-21-4-8-27(33)30-17-5-20-36-25-12-9-23(10-13-25)29(35)31-18-15-24(16-19-31)32-26-7-3-2-6-22(26)11-14-28(32)34/h2-3,6-7,9-10,12-13,24H,4-5,8,11,14-21H2,1H3,(H,30,33). The SMILES string of the molecule is CSCCCC(=O)NCCCOc1ccc(C(=O)N2CCC(N3C(=O)CCc4ccccc43)CC2)cc1. The number of thioether (sulfide) groups is 1. The number of hydrogen-bond donors (Lipinski definition) is 1. The number of anilines is 1. The molecule has 2 aromatic rings. The van der Waals surface area contributed by atoms with Crippen molar-refractivity contribution < 1.29 is 19.1 Å². The van der Waals surface area contributed by atoms with Crippen molar-refractivity contribution in [2.45, 2.75) is 51.0 Å². The third-order valence-electron chi connectivity index (χ3n) is 7.01. The molecule has 0 unspecified atom stereocenters. The zero-order chi connectivity index (χ0) is 26.0. The fraction of sp³-hybridized carbons (Fsp3) is 0.483. The lowest BCUT2D eigenvalue weighted by Gasteiger charge is -2.41. The van der Waals surface area contributed by atoms with Gasteiger partial charge in [0.1, 0.15) is 5.75 Å². The molecule has 1 fully saturated rings. The number of aryl methyl sites for hydroxylation is 1. The van der Waals surface area contributed by atoms with Crippen molar-refractivity contribution in [2.75, 3.05) is 43.1 Å². The van der Waals surface area contributed by atoms with Gasteiger partial charge in [-0.1, -0.05) is 18.2 Å². The molecule has 2 aliphatic heterocycles. The average Bonchev–Trinajstić information content (AvgIpc) is 2.93. The molecule has 4 rings (SSSR count). The summed E-state index contributed by atoms with van der Waals surface area (Å²) in [6.07, 6.45) is 7.16. The van der Waals surface area contributed by atoms with Gasteiger partial charge in [0.2, 0.25) is 11.8 Å². The van der Waals surface area contributed by atoms with Gasteiger partial charge >= 0.3 is 0 Å². The number of benzene rings is 2. The summed E-state index contributed by atoms with van der Waals surface area (Å²) < 4.78 is 5.77. The first kappa shape index (κ1) is 27.0. The summed E-state index contributed by atoms with van der Waals surface area (Å²) in [5, 5.41) is 2.92. The second-order valence-electron chi connectivity index (χ2n) is 9.59. The van der Waals surface area contributed by atoms with Gasteiger partial charge in [0, 0.05) is 49.8 Å². The second-order valence-corrected chi connectivity index (χ2v) is 10.6. The first-order valence-electron chi connectivity index (χ1n) is 13.2. The van der Waals surface area contributed by atoms with Crippen molar-refractivity contribution in [2.24, 2.45) is 0 Å². The molecule has 2 heterocycles. The number of para-hydroxylation sites is 1. The summed E-state index contributed by atoms with van der Waals surface area (Å²) in [6, 6.07) is 15.6. The maximum absolute atomic E-state index is 13.1. The fourth-order valence-electron chi connectivity index (χ4n) is 5.01. The summed E-state index contributed by atoms with van der Waals surface area (Å²) in [5.41, 5.74) is 2.91. The molecule has 8 heteroatoms. The molecular formula is C29H37N3O4S. The van der Waals surface area contributed by atoms with Crippen LogP contribution in [0.1, 0.15) is 54.4 Å². The molecule has 1 N–H and O–H groups in total. The van der Waals surface area contributed by atoms with E-state index in [0.717, 1.165) is 43.5 Å². The lowest BCUT2D eigenvalue weighted by Crippen LogP contribution is -2.50. The normalized spacial score (nSPS) is 15.9. The Hall–Kier alpha value is -3.00. The van der Waals surface area contributed by atoms with E-state index in [4.69, 9.17) is 4.74 Å². The van der Waals surface area contributed by atoms with E-state index in [9.17, 15) is 14.4 Å². The Morgan fingerprint density at radius 3 is 2.54 bits per heavy atom. The molecule has 0 bridgehead atoms. The van der Waals surface area contributed by atoms with Crippen molar-refractivity contribution in [1.29, 1.82) is 0 Å². The number of amides is 3. The summed E-state index contributed by atoms with van der Waals surface area (Å²) in [6.45, 7) is 2.37. The van der Waals surface area contributed by atoms with Crippen LogP contribution in [0.2, 0.25) is 0 Å². The number of carbonyl (C=O) groups is 3. The van der Waals surface area contributed by atoms with Crippen molar-refractivity contribution in [3.8, 4) is 5.75 Å². The van der Waals surface area contributed by atoms with Gasteiger partial charge in [-0.25, -0.2) is 0 Å². The number of nitrogens with one attached hydrogen (secondary N) is 1. The van der Waals surface area contributed by atoms with Crippen LogP contribution in [0.3, 0.4) is 0 Å². The van der Waals surface area contributed by atoms with Crippen molar-refractivity contribution >= 4 is 35.2 Å². The summed E-state index contributed by atoms with van der Waals surface area (Å²) in [4.78, 5) is 41.4. The number of ether oxygens (including phenoxy) is 1. The van der Waals surface area contributed by atoms with Gasteiger partial charge in [-0.05, 0) is 80.0 Å². The van der Waals surface area contributed by atoms with Crippen LogP contribution in [0.25, 0.3) is 0 Å². The molecule has 1 saturated heterocycles. The van der Waals surface area contributed by atoms with Crippen molar-refractivity contribution in [3.63, 3.8) is 0 Å². The molecule has 37 heavy (non-hydrogen) atoms. The number of nitrogens with zero attached hydrogens (tertiary/aromatic N) is 2. The number of rotatable bonds is 11. The fourth-order valence-corrected chi connectivity index (χ4v) is 5.45. The van der Waals surface area contributed by atoms with Crippen LogP contribution in [0, 0.1) is 0 Å². The highest BCUT2D eigenvalue weighted by Gasteiger charge is 2.33. The molecule has 198 valence electrons. The van der Waals surface area contributed by atoms with Gasteiger partial charge in [-0.2, -0.15) is 11.8 Å². The molecule has 0 radical (unpaired) electrons. The van der Waals surface area contributed by atoms with Crippen LogP contribution >= 0.6 is 11.8 Å². The third kappa shape index (κ3) is 7.28. The van der Waals surface area contributed by atoms with E-state index in [1.165, 1.54) is 5.56 Å². The summed E-state index contributed by atoms with van der Waals surface area (Å²) >= 11 is 1.75. The zero-order valence-electron chi connectivity index (χ0n) is 21.6. The number of hydrogen-bond acceptors (Lipinski definition) is 5. The first-order valence-corrected chi connectivity index (χ1v) is 14.6. The number of carbonyl (C=O) groups excluding carboxylic acids is 3. The maximum Gasteiger partial charge on any atom is 0.253 e. The molecular weight excluding hydrogens is 486 g/mol. The van der Waals surface area contributed by atoms with Crippen molar-refractivity contribution in [1.82, 2.24) is 10.2 Å². The van der Waals surface area contributed by atoms with Crippen LogP contribution in [-0.2, 0) is 16.0 Å². The lowest BCUT2D eigenvalue weighted by atomic mass is 9.95. The topological polar surface area (TPSA) is 79.0 Å². The first-order chi connectivity index (χ1) is 18.1. The second kappa shape index (κ2) is 13.5. The van der Waals surface area contributed by atoms with Gasteiger partial charge in [-0.3, -0.25) is 14.4 Å². The number of fused-ring (bicyclic) bond motifs is 1. The van der Waals surface area contributed by atoms with E-state index in [2.05, 4.69) is 11.4 Å². The van der Waals surface area contributed by atoms with E-state index in [1.807, 2.05) is 58.5 Å².